The van der Waals surface area contributed by atoms with Gasteiger partial charge in [-0.1, -0.05) is 18.2 Å². The van der Waals surface area contributed by atoms with Crippen LogP contribution in [0.2, 0.25) is 0 Å². The van der Waals surface area contributed by atoms with Crippen molar-refractivity contribution in [3.05, 3.63) is 58.7 Å². The molecule has 1 aliphatic rings. The smallest absolute Gasteiger partial charge is 0.292 e. The third-order valence-corrected chi connectivity index (χ3v) is 4.96. The number of methoxy groups -OCH3 is 2. The molecule has 0 fully saturated rings. The van der Waals surface area contributed by atoms with Crippen LogP contribution in [0.1, 0.15) is 39.9 Å². The molecule has 27 heavy (non-hydrogen) atoms. The van der Waals surface area contributed by atoms with Gasteiger partial charge < -0.3 is 14.8 Å². The van der Waals surface area contributed by atoms with Gasteiger partial charge in [0.25, 0.3) is 5.91 Å². The lowest BCUT2D eigenvalue weighted by atomic mass is 9.90. The molecule has 1 amide bonds. The third-order valence-electron chi connectivity index (χ3n) is 4.96. The number of fused-ring (bicyclic) bond motifs is 1. The molecule has 0 aliphatic heterocycles. The van der Waals surface area contributed by atoms with Gasteiger partial charge in [0.1, 0.15) is 0 Å². The maximum Gasteiger partial charge on any atom is 0.292 e. The van der Waals surface area contributed by atoms with Crippen LogP contribution in [0.25, 0.3) is 0 Å². The monoisotopic (exact) mass is 367 g/mol. The molecule has 1 aliphatic carbocycles. The van der Waals surface area contributed by atoms with Crippen LogP contribution >= 0.6 is 0 Å². The van der Waals surface area contributed by atoms with Crippen molar-refractivity contribution >= 4 is 11.7 Å². The second kappa shape index (κ2) is 8.71. The van der Waals surface area contributed by atoms with Crippen molar-refractivity contribution < 1.29 is 19.1 Å². The predicted molar refractivity (Wildman–Crippen MR) is 104 cm³/mol. The molecule has 0 saturated heterocycles. The molecule has 2 aromatic rings. The number of ketones is 1. The minimum Gasteiger partial charge on any atom is -0.493 e. The maximum atomic E-state index is 12.4. The zero-order valence-electron chi connectivity index (χ0n) is 15.8. The van der Waals surface area contributed by atoms with Crippen LogP contribution in [0, 0.1) is 0 Å². The Hall–Kier alpha value is -2.82. The molecule has 142 valence electrons. The van der Waals surface area contributed by atoms with E-state index in [0.717, 1.165) is 24.8 Å². The van der Waals surface area contributed by atoms with Gasteiger partial charge in [-0.3, -0.25) is 9.59 Å². The van der Waals surface area contributed by atoms with Gasteiger partial charge >= 0.3 is 0 Å². The molecule has 3 rings (SSSR count). The molecular formula is C22H25NO4. The molecule has 0 saturated carbocycles. The van der Waals surface area contributed by atoms with Gasteiger partial charge in [-0.2, -0.15) is 0 Å². The van der Waals surface area contributed by atoms with E-state index in [9.17, 15) is 9.59 Å². The van der Waals surface area contributed by atoms with Crippen LogP contribution in [0.3, 0.4) is 0 Å². The van der Waals surface area contributed by atoms with E-state index in [-0.39, 0.29) is 0 Å². The number of Topliss-reactive ketones (excluding diaryl/α,β-unsaturated/α-hetero) is 1. The summed E-state index contributed by atoms with van der Waals surface area (Å²) >= 11 is 0. The highest BCUT2D eigenvalue weighted by molar-refractivity contribution is 6.42. The number of carbonyl (C=O) groups is 2. The first-order valence-electron chi connectivity index (χ1n) is 9.27. The molecule has 5 heteroatoms. The predicted octanol–water partition coefficient (Wildman–Crippen LogP) is 3.12. The van der Waals surface area contributed by atoms with Crippen LogP contribution in [0.5, 0.6) is 11.5 Å². The normalized spacial score (nSPS) is 12.8. The van der Waals surface area contributed by atoms with Crippen molar-refractivity contribution in [1.82, 2.24) is 5.32 Å². The standard InChI is InChI=1S/C22H25NO4/c1-26-19-10-7-15(13-20(19)27-2)11-12-23-22(25)21(24)18-9-8-16-5-3-4-6-17(16)14-18/h7-10,13-14H,3-6,11-12H2,1-2H3,(H,23,25). The maximum absolute atomic E-state index is 12.4. The molecule has 5 nitrogen and oxygen atoms in total. The molecule has 0 unspecified atom stereocenters. The number of benzene rings is 2. The highest BCUT2D eigenvalue weighted by Crippen LogP contribution is 2.27. The van der Waals surface area contributed by atoms with Crippen LogP contribution in [-0.4, -0.2) is 32.5 Å². The van der Waals surface area contributed by atoms with E-state index in [1.807, 2.05) is 30.3 Å². The first-order chi connectivity index (χ1) is 13.1. The van der Waals surface area contributed by atoms with Crippen molar-refractivity contribution in [2.75, 3.05) is 20.8 Å². The van der Waals surface area contributed by atoms with E-state index in [1.54, 1.807) is 20.3 Å². The number of hydrogen-bond acceptors (Lipinski definition) is 4. The molecule has 0 bridgehead atoms. The molecule has 0 heterocycles. The van der Waals surface area contributed by atoms with Crippen molar-refractivity contribution in [2.24, 2.45) is 0 Å². The Bertz CT molecular complexity index is 844. The van der Waals surface area contributed by atoms with Crippen molar-refractivity contribution in [1.29, 1.82) is 0 Å². The lowest BCUT2D eigenvalue weighted by Crippen LogP contribution is -2.32. The lowest BCUT2D eigenvalue weighted by molar-refractivity contribution is -0.116. The summed E-state index contributed by atoms with van der Waals surface area (Å²) in [5.74, 6) is 0.265. The average molecular weight is 367 g/mol. The topological polar surface area (TPSA) is 64.6 Å². The number of amides is 1. The Morgan fingerprint density at radius 3 is 2.41 bits per heavy atom. The van der Waals surface area contributed by atoms with Gasteiger partial charge in [-0.15, -0.1) is 0 Å². The summed E-state index contributed by atoms with van der Waals surface area (Å²) in [5.41, 5.74) is 3.96. The molecular weight excluding hydrogens is 342 g/mol. The molecule has 0 spiro atoms. The molecule has 0 atom stereocenters. The van der Waals surface area contributed by atoms with Crippen LogP contribution < -0.4 is 14.8 Å². The summed E-state index contributed by atoms with van der Waals surface area (Å²) in [6.07, 6.45) is 4.97. The molecule has 0 radical (unpaired) electrons. The van der Waals surface area contributed by atoms with E-state index in [2.05, 4.69) is 5.32 Å². The van der Waals surface area contributed by atoms with Gasteiger partial charge in [-0.25, -0.2) is 0 Å². The summed E-state index contributed by atoms with van der Waals surface area (Å²) < 4.78 is 10.5. The molecule has 2 aromatic carbocycles. The Morgan fingerprint density at radius 2 is 1.67 bits per heavy atom. The average Bonchev–Trinajstić information content (AvgIpc) is 2.72. The van der Waals surface area contributed by atoms with E-state index in [1.165, 1.54) is 17.5 Å². The van der Waals surface area contributed by atoms with Crippen LogP contribution in [0.15, 0.2) is 36.4 Å². The Kier molecular flexibility index (Phi) is 6.12. The summed E-state index contributed by atoms with van der Waals surface area (Å²) in [6.45, 7) is 0.380. The van der Waals surface area contributed by atoms with Gasteiger partial charge in [0.15, 0.2) is 11.5 Å². The fraction of sp³-hybridized carbons (Fsp3) is 0.364. The highest BCUT2D eigenvalue weighted by Gasteiger charge is 2.18. The Balaban J connectivity index is 1.57. The fourth-order valence-electron chi connectivity index (χ4n) is 3.44. The van der Waals surface area contributed by atoms with Crippen molar-refractivity contribution in [3.63, 3.8) is 0 Å². The molecule has 1 N–H and O–H groups in total. The quantitative estimate of drug-likeness (QED) is 0.603. The zero-order chi connectivity index (χ0) is 19.2. The zero-order valence-corrected chi connectivity index (χ0v) is 15.8. The third kappa shape index (κ3) is 4.48. The second-order valence-corrected chi connectivity index (χ2v) is 6.71. The van der Waals surface area contributed by atoms with E-state index in [4.69, 9.17) is 9.47 Å². The Morgan fingerprint density at radius 1 is 0.926 bits per heavy atom. The number of carbonyl (C=O) groups excluding carboxylic acids is 2. The van der Waals surface area contributed by atoms with Gasteiger partial charge in [-0.05, 0) is 67.0 Å². The van der Waals surface area contributed by atoms with Crippen molar-refractivity contribution in [3.8, 4) is 11.5 Å². The van der Waals surface area contributed by atoms with E-state index < -0.39 is 11.7 Å². The number of aryl methyl sites for hydroxylation is 2. The van der Waals surface area contributed by atoms with Gasteiger partial charge in [0, 0.05) is 12.1 Å². The highest BCUT2D eigenvalue weighted by atomic mass is 16.5. The lowest BCUT2D eigenvalue weighted by Gasteiger charge is -2.16. The summed E-state index contributed by atoms with van der Waals surface area (Å²) in [4.78, 5) is 24.6. The van der Waals surface area contributed by atoms with E-state index in [0.29, 0.717) is 30.0 Å². The van der Waals surface area contributed by atoms with Crippen LogP contribution in [-0.2, 0) is 24.1 Å². The summed E-state index contributed by atoms with van der Waals surface area (Å²) in [5, 5.41) is 2.71. The first kappa shape index (κ1) is 19.0. The number of nitrogens with one attached hydrogen (secondary N) is 1. The Labute approximate surface area is 159 Å². The first-order valence-corrected chi connectivity index (χ1v) is 9.27. The summed E-state index contributed by atoms with van der Waals surface area (Å²) in [6, 6.07) is 11.2. The largest absolute Gasteiger partial charge is 0.493 e. The van der Waals surface area contributed by atoms with E-state index >= 15 is 0 Å². The minimum absolute atomic E-state index is 0.380. The molecule has 0 aromatic heterocycles. The number of rotatable bonds is 7. The number of hydrogen-bond donors (Lipinski definition) is 1. The second-order valence-electron chi connectivity index (χ2n) is 6.71. The van der Waals surface area contributed by atoms with Crippen molar-refractivity contribution in [2.45, 2.75) is 32.1 Å². The number of ether oxygens (including phenoxy) is 2. The summed E-state index contributed by atoms with van der Waals surface area (Å²) in [7, 11) is 3.17. The van der Waals surface area contributed by atoms with Gasteiger partial charge in [0.05, 0.1) is 14.2 Å². The van der Waals surface area contributed by atoms with Crippen LogP contribution in [0.4, 0.5) is 0 Å². The SMILES string of the molecule is COc1ccc(CCNC(=O)C(=O)c2ccc3c(c2)CCCC3)cc1OC. The van der Waals surface area contributed by atoms with Gasteiger partial charge in [0.2, 0.25) is 5.78 Å². The minimum atomic E-state index is -0.564. The fourth-order valence-corrected chi connectivity index (χ4v) is 3.44.